The fourth-order valence-electron chi connectivity index (χ4n) is 3.81. The first kappa shape index (κ1) is 17.2. The number of unbranched alkanes of at least 4 members (excludes halogenated alkanes) is 1. The van der Waals surface area contributed by atoms with Crippen molar-refractivity contribution >= 4 is 10.9 Å². The summed E-state index contributed by atoms with van der Waals surface area (Å²) < 4.78 is 0. The van der Waals surface area contributed by atoms with Gasteiger partial charge in [-0.15, -0.1) is 0 Å². The van der Waals surface area contributed by atoms with Gasteiger partial charge >= 0.3 is 0 Å². The largest absolute Gasteiger partial charge is 0.358 e. The predicted molar refractivity (Wildman–Crippen MR) is 101 cm³/mol. The molecule has 0 aliphatic heterocycles. The number of aryl methyl sites for hydroxylation is 1. The first-order valence-corrected chi connectivity index (χ1v) is 8.89. The number of aromatic amines is 1. The first-order valence-electron chi connectivity index (χ1n) is 8.89. The fourth-order valence-corrected chi connectivity index (χ4v) is 3.81. The van der Waals surface area contributed by atoms with E-state index in [9.17, 15) is 10.1 Å². The van der Waals surface area contributed by atoms with Gasteiger partial charge in [-0.25, -0.2) is 0 Å². The maximum Gasteiger partial charge on any atom is 0.244 e. The van der Waals surface area contributed by atoms with Crippen molar-refractivity contribution in [1.82, 2.24) is 4.98 Å². The Balaban J connectivity index is 2.15. The number of nitrogens with zero attached hydrogens (tertiary/aromatic N) is 1. The Morgan fingerprint density at radius 1 is 1.08 bits per heavy atom. The zero-order valence-electron chi connectivity index (χ0n) is 14.7. The van der Waals surface area contributed by atoms with Crippen LogP contribution in [0.2, 0.25) is 0 Å². The van der Waals surface area contributed by atoms with Crippen molar-refractivity contribution in [2.24, 2.45) is 0 Å². The van der Waals surface area contributed by atoms with E-state index in [2.05, 4.69) is 18.0 Å². The molecule has 2 atom stereocenters. The zero-order chi connectivity index (χ0) is 17.8. The van der Waals surface area contributed by atoms with Gasteiger partial charge in [-0.3, -0.25) is 10.1 Å². The third-order valence-electron chi connectivity index (χ3n) is 4.93. The van der Waals surface area contributed by atoms with Gasteiger partial charge in [0.25, 0.3) is 0 Å². The highest BCUT2D eigenvalue weighted by molar-refractivity contribution is 5.85. The molecule has 0 radical (unpaired) electrons. The van der Waals surface area contributed by atoms with Crippen molar-refractivity contribution < 1.29 is 4.92 Å². The third-order valence-corrected chi connectivity index (χ3v) is 4.93. The van der Waals surface area contributed by atoms with Crippen LogP contribution in [0.4, 0.5) is 0 Å². The molecular weight excluding hydrogens is 312 g/mol. The molecule has 4 nitrogen and oxygen atoms in total. The SMILES string of the molecule is CCCC[C@@H](c1c(C)[nH]c2ccccc12)C(c1ccccc1)[N+](=O)[O-]. The molecule has 0 aliphatic rings. The Kier molecular flexibility index (Phi) is 5.17. The van der Waals surface area contributed by atoms with Gasteiger partial charge in [0.05, 0.1) is 5.92 Å². The van der Waals surface area contributed by atoms with Gasteiger partial charge in [0, 0.05) is 27.1 Å². The van der Waals surface area contributed by atoms with E-state index < -0.39 is 6.04 Å². The lowest BCUT2D eigenvalue weighted by Crippen LogP contribution is -2.20. The van der Waals surface area contributed by atoms with Crippen LogP contribution in [0.15, 0.2) is 54.6 Å². The molecule has 1 heterocycles. The second-order valence-corrected chi connectivity index (χ2v) is 6.60. The molecule has 0 amide bonds. The highest BCUT2D eigenvalue weighted by Crippen LogP contribution is 2.41. The molecule has 0 saturated heterocycles. The van der Waals surface area contributed by atoms with Crippen LogP contribution in [0, 0.1) is 17.0 Å². The van der Waals surface area contributed by atoms with Gasteiger partial charge in [0.1, 0.15) is 0 Å². The minimum atomic E-state index is -0.731. The van der Waals surface area contributed by atoms with Crippen molar-refractivity contribution in [1.29, 1.82) is 0 Å². The van der Waals surface area contributed by atoms with E-state index in [0.717, 1.165) is 47.0 Å². The molecule has 1 N–H and O–H groups in total. The number of benzene rings is 2. The van der Waals surface area contributed by atoms with E-state index in [-0.39, 0.29) is 10.8 Å². The third kappa shape index (κ3) is 3.43. The van der Waals surface area contributed by atoms with E-state index in [1.165, 1.54) is 0 Å². The Bertz CT molecular complexity index is 855. The monoisotopic (exact) mass is 336 g/mol. The highest BCUT2D eigenvalue weighted by Gasteiger charge is 2.36. The Hall–Kier alpha value is -2.62. The Labute approximate surface area is 148 Å². The summed E-state index contributed by atoms with van der Waals surface area (Å²) in [4.78, 5) is 15.3. The van der Waals surface area contributed by atoms with Crippen LogP contribution in [0.1, 0.15) is 55.0 Å². The van der Waals surface area contributed by atoms with Crippen molar-refractivity contribution in [3.05, 3.63) is 81.5 Å². The average molecular weight is 336 g/mol. The molecule has 0 fully saturated rings. The highest BCUT2D eigenvalue weighted by atomic mass is 16.6. The summed E-state index contributed by atoms with van der Waals surface area (Å²) in [6.07, 6.45) is 2.80. The number of nitrogens with one attached hydrogen (secondary N) is 1. The van der Waals surface area contributed by atoms with Crippen molar-refractivity contribution in [3.63, 3.8) is 0 Å². The minimum Gasteiger partial charge on any atom is -0.358 e. The van der Waals surface area contributed by atoms with Gasteiger partial charge in [-0.2, -0.15) is 0 Å². The van der Waals surface area contributed by atoms with Crippen molar-refractivity contribution in [3.8, 4) is 0 Å². The number of H-pyrrole nitrogens is 1. The van der Waals surface area contributed by atoms with Crippen LogP contribution in [0.25, 0.3) is 10.9 Å². The molecule has 1 aromatic heterocycles. The number of hydrogen-bond donors (Lipinski definition) is 1. The number of para-hydroxylation sites is 1. The lowest BCUT2D eigenvalue weighted by molar-refractivity contribution is -0.533. The van der Waals surface area contributed by atoms with E-state index in [1.807, 2.05) is 55.5 Å². The molecule has 1 unspecified atom stereocenters. The summed E-state index contributed by atoms with van der Waals surface area (Å²) in [6.45, 7) is 4.15. The molecule has 2 aromatic carbocycles. The number of fused-ring (bicyclic) bond motifs is 1. The second-order valence-electron chi connectivity index (χ2n) is 6.60. The number of rotatable bonds is 7. The maximum absolute atomic E-state index is 12.0. The number of hydrogen-bond acceptors (Lipinski definition) is 2. The van der Waals surface area contributed by atoms with Crippen molar-refractivity contribution in [2.45, 2.75) is 45.1 Å². The van der Waals surface area contributed by atoms with Crippen LogP contribution in [0.5, 0.6) is 0 Å². The van der Waals surface area contributed by atoms with E-state index in [1.54, 1.807) is 0 Å². The standard InChI is InChI=1S/C21H24N2O2/c1-3-4-12-18(21(23(24)25)16-10-6-5-7-11-16)20-15(2)22-19-14-9-8-13-17(19)20/h5-11,13-14,18,21-22H,3-4,12H2,1-2H3/t18-,21?/m0/s1. The Morgan fingerprint density at radius 3 is 2.44 bits per heavy atom. The smallest absolute Gasteiger partial charge is 0.244 e. The van der Waals surface area contributed by atoms with Crippen LogP contribution in [0.3, 0.4) is 0 Å². The molecular formula is C21H24N2O2. The van der Waals surface area contributed by atoms with E-state index in [0.29, 0.717) is 0 Å². The summed E-state index contributed by atoms with van der Waals surface area (Å²) in [5.41, 5.74) is 3.95. The molecule has 0 aliphatic carbocycles. The van der Waals surface area contributed by atoms with Crippen LogP contribution < -0.4 is 0 Å². The van der Waals surface area contributed by atoms with Gasteiger partial charge < -0.3 is 4.98 Å². The predicted octanol–water partition coefficient (Wildman–Crippen LogP) is 5.77. The van der Waals surface area contributed by atoms with Crippen LogP contribution >= 0.6 is 0 Å². The molecule has 0 saturated carbocycles. The van der Waals surface area contributed by atoms with Gasteiger partial charge in [0.15, 0.2) is 0 Å². The molecule has 0 bridgehead atoms. The first-order chi connectivity index (χ1) is 12.1. The lowest BCUT2D eigenvalue weighted by atomic mass is 9.82. The average Bonchev–Trinajstić information content (AvgIpc) is 2.94. The topological polar surface area (TPSA) is 58.9 Å². The fraction of sp³-hybridized carbons (Fsp3) is 0.333. The Morgan fingerprint density at radius 2 is 1.76 bits per heavy atom. The van der Waals surface area contributed by atoms with Gasteiger partial charge in [-0.05, 0) is 25.0 Å². The van der Waals surface area contributed by atoms with Crippen LogP contribution in [-0.4, -0.2) is 9.91 Å². The summed E-state index contributed by atoms with van der Waals surface area (Å²) in [5.74, 6) is -0.145. The molecule has 3 rings (SSSR count). The number of aromatic nitrogens is 1. The molecule has 0 spiro atoms. The van der Waals surface area contributed by atoms with E-state index >= 15 is 0 Å². The number of nitro groups is 1. The van der Waals surface area contributed by atoms with Gasteiger partial charge in [0.2, 0.25) is 6.04 Å². The molecule has 4 heteroatoms. The summed E-state index contributed by atoms with van der Waals surface area (Å²) >= 11 is 0. The van der Waals surface area contributed by atoms with Crippen LogP contribution in [-0.2, 0) is 0 Å². The minimum absolute atomic E-state index is 0.114. The second kappa shape index (κ2) is 7.51. The van der Waals surface area contributed by atoms with E-state index in [4.69, 9.17) is 0 Å². The summed E-state index contributed by atoms with van der Waals surface area (Å²) in [5, 5.41) is 13.1. The van der Waals surface area contributed by atoms with Gasteiger partial charge in [-0.1, -0.05) is 68.3 Å². The summed E-state index contributed by atoms with van der Waals surface area (Å²) in [6, 6.07) is 16.8. The normalized spacial score (nSPS) is 13.7. The summed E-state index contributed by atoms with van der Waals surface area (Å²) in [7, 11) is 0. The lowest BCUT2D eigenvalue weighted by Gasteiger charge is -2.22. The maximum atomic E-state index is 12.0. The van der Waals surface area contributed by atoms with Crippen molar-refractivity contribution in [2.75, 3.05) is 0 Å². The molecule has 3 aromatic rings. The molecule has 130 valence electrons. The zero-order valence-corrected chi connectivity index (χ0v) is 14.7. The quantitative estimate of drug-likeness (QED) is 0.440. The molecule has 25 heavy (non-hydrogen) atoms.